The molecule has 0 bridgehead atoms. The zero-order chi connectivity index (χ0) is 14.6. The van der Waals surface area contributed by atoms with Crippen molar-refractivity contribution in [3.63, 3.8) is 0 Å². The molecule has 1 aromatic rings. The topological polar surface area (TPSA) is 108 Å². The molecule has 2 unspecified atom stereocenters. The molecule has 1 heterocycles. The maximum atomic E-state index is 11.9. The van der Waals surface area contributed by atoms with E-state index in [-0.39, 0.29) is 24.3 Å². The number of hydrogen-bond donors (Lipinski definition) is 3. The summed E-state index contributed by atoms with van der Waals surface area (Å²) in [5.74, 6) is -0.890. The fraction of sp³-hybridized carbons (Fsp3) is 0.667. The molecule has 19 heavy (non-hydrogen) atoms. The molecule has 3 N–H and O–H groups in total. The third-order valence-corrected chi connectivity index (χ3v) is 3.51. The number of aromatic amines is 1. The molecule has 1 aromatic heterocycles. The van der Waals surface area contributed by atoms with Gasteiger partial charge in [-0.3, -0.25) is 14.7 Å². The van der Waals surface area contributed by atoms with Crippen molar-refractivity contribution in [1.29, 1.82) is 0 Å². The second-order valence-electron chi connectivity index (χ2n) is 5.21. The number of carbonyl (C=O) groups excluding carboxylic acids is 1. The molecule has 106 valence electrons. The van der Waals surface area contributed by atoms with Crippen LogP contribution >= 0.6 is 0 Å². The van der Waals surface area contributed by atoms with Crippen molar-refractivity contribution in [2.45, 2.75) is 40.2 Å². The zero-order valence-electron chi connectivity index (χ0n) is 11.6. The van der Waals surface area contributed by atoms with E-state index in [1.807, 2.05) is 0 Å². The molecule has 0 radical (unpaired) electrons. The van der Waals surface area contributed by atoms with Crippen LogP contribution in [-0.4, -0.2) is 32.2 Å². The molecular formula is C12H20N4O3. The second-order valence-corrected chi connectivity index (χ2v) is 5.21. The summed E-state index contributed by atoms with van der Waals surface area (Å²) in [6, 6.07) is -0.333. The molecule has 1 rings (SSSR count). The van der Waals surface area contributed by atoms with Gasteiger partial charge in [0.1, 0.15) is 12.2 Å². The van der Waals surface area contributed by atoms with Crippen LogP contribution in [0, 0.1) is 11.3 Å². The van der Waals surface area contributed by atoms with Gasteiger partial charge in [-0.15, -0.1) is 0 Å². The highest BCUT2D eigenvalue weighted by molar-refractivity contribution is 5.85. The van der Waals surface area contributed by atoms with Gasteiger partial charge in [-0.05, 0) is 19.8 Å². The molecule has 0 fully saturated rings. The van der Waals surface area contributed by atoms with E-state index in [0.717, 1.165) is 0 Å². The minimum Gasteiger partial charge on any atom is -0.481 e. The Balaban J connectivity index is 2.66. The zero-order valence-corrected chi connectivity index (χ0v) is 11.6. The van der Waals surface area contributed by atoms with Crippen molar-refractivity contribution in [3.05, 3.63) is 12.2 Å². The van der Waals surface area contributed by atoms with E-state index in [2.05, 4.69) is 20.5 Å². The number of carboxylic acids is 1. The normalized spacial score (nSPS) is 15.8. The lowest BCUT2D eigenvalue weighted by atomic mass is 9.76. The van der Waals surface area contributed by atoms with Gasteiger partial charge in [-0.1, -0.05) is 13.8 Å². The van der Waals surface area contributed by atoms with Crippen molar-refractivity contribution in [2.75, 3.05) is 0 Å². The Morgan fingerprint density at radius 1 is 1.47 bits per heavy atom. The lowest BCUT2D eigenvalue weighted by molar-refractivity contribution is -0.153. The standard InChI is InChI=1S/C12H20N4O3/c1-7(2)12(4,11(18)19)5-9(17)15-8(3)10-13-6-14-16-10/h6-8H,5H2,1-4H3,(H,15,17)(H,18,19)(H,13,14,16). The van der Waals surface area contributed by atoms with E-state index < -0.39 is 11.4 Å². The number of hydrogen-bond acceptors (Lipinski definition) is 4. The first kappa shape index (κ1) is 15.1. The molecule has 1 amide bonds. The Hall–Kier alpha value is -1.92. The minimum atomic E-state index is -1.08. The van der Waals surface area contributed by atoms with Crippen molar-refractivity contribution in [3.8, 4) is 0 Å². The third-order valence-electron chi connectivity index (χ3n) is 3.51. The summed E-state index contributed by atoms with van der Waals surface area (Å²) in [6.45, 7) is 6.92. The summed E-state index contributed by atoms with van der Waals surface area (Å²) in [4.78, 5) is 27.2. The number of carboxylic acid groups (broad SMARTS) is 1. The number of nitrogens with zero attached hydrogens (tertiary/aromatic N) is 2. The average molecular weight is 268 g/mol. The molecule has 7 nitrogen and oxygen atoms in total. The van der Waals surface area contributed by atoms with Crippen LogP contribution < -0.4 is 5.32 Å². The quantitative estimate of drug-likeness (QED) is 0.716. The van der Waals surface area contributed by atoms with Crippen molar-refractivity contribution < 1.29 is 14.7 Å². The van der Waals surface area contributed by atoms with Gasteiger partial charge in [-0.2, -0.15) is 5.10 Å². The maximum Gasteiger partial charge on any atom is 0.310 e. The number of H-pyrrole nitrogens is 1. The van der Waals surface area contributed by atoms with E-state index in [4.69, 9.17) is 0 Å². The van der Waals surface area contributed by atoms with Crippen LogP contribution in [0.4, 0.5) is 0 Å². The van der Waals surface area contributed by atoms with Gasteiger partial charge < -0.3 is 10.4 Å². The molecule has 0 saturated heterocycles. The summed E-state index contributed by atoms with van der Waals surface area (Å²) in [7, 11) is 0. The summed E-state index contributed by atoms with van der Waals surface area (Å²) >= 11 is 0. The number of rotatable bonds is 6. The lowest BCUT2D eigenvalue weighted by Gasteiger charge is -2.28. The first-order valence-electron chi connectivity index (χ1n) is 6.15. The van der Waals surface area contributed by atoms with Gasteiger partial charge in [0, 0.05) is 6.42 Å². The monoisotopic (exact) mass is 268 g/mol. The highest BCUT2D eigenvalue weighted by atomic mass is 16.4. The Kier molecular flexibility index (Phi) is 4.63. The van der Waals surface area contributed by atoms with Gasteiger partial charge in [-0.25, -0.2) is 4.98 Å². The SMILES string of the molecule is CC(NC(=O)CC(C)(C(=O)O)C(C)C)c1ncn[nH]1. The summed E-state index contributed by atoms with van der Waals surface area (Å²) in [6.07, 6.45) is 1.28. The van der Waals surface area contributed by atoms with Crippen molar-refractivity contribution in [1.82, 2.24) is 20.5 Å². The number of carbonyl (C=O) groups is 2. The molecule has 0 aliphatic rings. The van der Waals surface area contributed by atoms with E-state index in [9.17, 15) is 14.7 Å². The first-order chi connectivity index (χ1) is 8.77. The first-order valence-corrected chi connectivity index (χ1v) is 6.15. The predicted molar refractivity (Wildman–Crippen MR) is 68.1 cm³/mol. The van der Waals surface area contributed by atoms with Gasteiger partial charge in [0.05, 0.1) is 11.5 Å². The number of aromatic nitrogens is 3. The molecular weight excluding hydrogens is 248 g/mol. The van der Waals surface area contributed by atoms with Crippen LogP contribution in [0.1, 0.15) is 46.0 Å². The van der Waals surface area contributed by atoms with Crippen LogP contribution in [0.2, 0.25) is 0 Å². The van der Waals surface area contributed by atoms with Crippen molar-refractivity contribution >= 4 is 11.9 Å². The molecule has 7 heteroatoms. The minimum absolute atomic E-state index is 0.0710. The van der Waals surface area contributed by atoms with Gasteiger partial charge >= 0.3 is 5.97 Å². The number of nitrogens with one attached hydrogen (secondary N) is 2. The van der Waals surface area contributed by atoms with Crippen LogP contribution in [0.5, 0.6) is 0 Å². The molecule has 0 aliphatic carbocycles. The van der Waals surface area contributed by atoms with Crippen LogP contribution in [0.3, 0.4) is 0 Å². The smallest absolute Gasteiger partial charge is 0.310 e. The maximum absolute atomic E-state index is 11.9. The number of aliphatic carboxylic acids is 1. The van der Waals surface area contributed by atoms with Gasteiger partial charge in [0.25, 0.3) is 0 Å². The number of amides is 1. The predicted octanol–water partition coefficient (Wildman–Crippen LogP) is 1.12. The average Bonchev–Trinajstić information content (AvgIpc) is 2.81. The second kappa shape index (κ2) is 5.81. The molecule has 0 spiro atoms. The Labute approximate surface area is 111 Å². The molecule has 0 aliphatic heterocycles. The summed E-state index contributed by atoms with van der Waals surface area (Å²) < 4.78 is 0. The Morgan fingerprint density at radius 2 is 2.11 bits per heavy atom. The van der Waals surface area contributed by atoms with E-state index in [0.29, 0.717) is 5.82 Å². The van der Waals surface area contributed by atoms with E-state index in [1.54, 1.807) is 27.7 Å². The fourth-order valence-corrected chi connectivity index (χ4v) is 1.64. The largest absolute Gasteiger partial charge is 0.481 e. The molecule has 0 saturated carbocycles. The van der Waals surface area contributed by atoms with E-state index >= 15 is 0 Å². The summed E-state index contributed by atoms with van der Waals surface area (Å²) in [5, 5.41) is 18.3. The van der Waals surface area contributed by atoms with Crippen LogP contribution in [0.15, 0.2) is 6.33 Å². The lowest BCUT2D eigenvalue weighted by Crippen LogP contribution is -2.39. The highest BCUT2D eigenvalue weighted by Crippen LogP contribution is 2.31. The highest BCUT2D eigenvalue weighted by Gasteiger charge is 2.39. The molecule has 0 aromatic carbocycles. The Morgan fingerprint density at radius 3 is 2.53 bits per heavy atom. The third kappa shape index (κ3) is 3.52. The Bertz CT molecular complexity index is 444. The molecule has 2 atom stereocenters. The van der Waals surface area contributed by atoms with E-state index in [1.165, 1.54) is 6.33 Å². The van der Waals surface area contributed by atoms with Crippen molar-refractivity contribution in [2.24, 2.45) is 11.3 Å². The van der Waals surface area contributed by atoms with Crippen LogP contribution in [-0.2, 0) is 9.59 Å². The van der Waals surface area contributed by atoms with Crippen LogP contribution in [0.25, 0.3) is 0 Å². The fourth-order valence-electron chi connectivity index (χ4n) is 1.64. The summed E-state index contributed by atoms with van der Waals surface area (Å²) in [5.41, 5.74) is -1.08. The van der Waals surface area contributed by atoms with Gasteiger partial charge in [0.2, 0.25) is 5.91 Å². The van der Waals surface area contributed by atoms with Gasteiger partial charge in [0.15, 0.2) is 0 Å².